The summed E-state index contributed by atoms with van der Waals surface area (Å²) in [6, 6.07) is 7.96. The average Bonchev–Trinajstić information content (AvgIpc) is 2.70. The molecule has 0 radical (unpaired) electrons. The lowest BCUT2D eigenvalue weighted by atomic mass is 9.85. The van der Waals surface area contributed by atoms with Crippen LogP contribution in [-0.4, -0.2) is 45.7 Å². The van der Waals surface area contributed by atoms with E-state index in [1.165, 1.54) is 23.8 Å². The zero-order chi connectivity index (χ0) is 19.1. The van der Waals surface area contributed by atoms with Crippen LogP contribution in [0.5, 0.6) is 0 Å². The molecule has 144 valence electrons. The van der Waals surface area contributed by atoms with Gasteiger partial charge in [0.25, 0.3) is 5.56 Å². The molecule has 0 spiro atoms. The van der Waals surface area contributed by atoms with Crippen LogP contribution in [0.2, 0.25) is 0 Å². The van der Waals surface area contributed by atoms with Crippen LogP contribution < -0.4 is 15.4 Å². The predicted molar refractivity (Wildman–Crippen MR) is 110 cm³/mol. The normalized spacial score (nSPS) is 17.8. The highest BCUT2D eigenvalue weighted by Crippen LogP contribution is 2.34. The Hall–Kier alpha value is -2.96. The van der Waals surface area contributed by atoms with E-state index in [1.54, 1.807) is 13.4 Å². The standard InChI is InChI=1S/C21H24N6O/c1-25-14-23-18-13-16(5-6-17(18)21(25)28)26-9-11-27(12-10-26)19-7-8-22-20(24-19)15-3-2-4-15/h5-8,13-15H,2-4,9-12H2,1H3. The Balaban J connectivity index is 1.31. The SMILES string of the molecule is Cn1cnc2cc(N3CCN(c4ccnc(C5CCC5)n4)CC3)ccc2c1=O. The molecule has 3 aromatic rings. The minimum absolute atomic E-state index is 0.00704. The monoisotopic (exact) mass is 376 g/mol. The minimum atomic E-state index is -0.00704. The lowest BCUT2D eigenvalue weighted by Gasteiger charge is -2.37. The van der Waals surface area contributed by atoms with Crippen molar-refractivity contribution in [1.82, 2.24) is 19.5 Å². The second kappa shape index (κ2) is 6.89. The van der Waals surface area contributed by atoms with Gasteiger partial charge < -0.3 is 14.4 Å². The Morgan fingerprint density at radius 2 is 1.79 bits per heavy atom. The van der Waals surface area contributed by atoms with Crippen molar-refractivity contribution in [2.24, 2.45) is 7.05 Å². The number of fused-ring (bicyclic) bond motifs is 1. The molecule has 1 saturated heterocycles. The smallest absolute Gasteiger partial charge is 0.260 e. The first-order valence-corrected chi connectivity index (χ1v) is 9.97. The summed E-state index contributed by atoms with van der Waals surface area (Å²) in [5.41, 5.74) is 1.86. The molecule has 0 amide bonds. The van der Waals surface area contributed by atoms with Crippen molar-refractivity contribution < 1.29 is 0 Å². The fourth-order valence-electron chi connectivity index (χ4n) is 3.99. The quantitative estimate of drug-likeness (QED) is 0.699. The van der Waals surface area contributed by atoms with Gasteiger partial charge in [0.1, 0.15) is 11.6 Å². The molecule has 1 aliphatic heterocycles. The molecule has 0 N–H and O–H groups in total. The van der Waals surface area contributed by atoms with E-state index in [4.69, 9.17) is 4.98 Å². The molecular formula is C21H24N6O. The van der Waals surface area contributed by atoms with E-state index < -0.39 is 0 Å². The molecule has 0 bridgehead atoms. The van der Waals surface area contributed by atoms with Crippen LogP contribution in [0.1, 0.15) is 31.0 Å². The van der Waals surface area contributed by atoms with E-state index in [9.17, 15) is 4.79 Å². The molecule has 1 aliphatic carbocycles. The van der Waals surface area contributed by atoms with E-state index in [1.807, 2.05) is 30.5 Å². The molecule has 28 heavy (non-hydrogen) atoms. The third kappa shape index (κ3) is 3.00. The number of rotatable bonds is 3. The Morgan fingerprint density at radius 3 is 2.54 bits per heavy atom. The summed E-state index contributed by atoms with van der Waals surface area (Å²) in [4.78, 5) is 30.6. The predicted octanol–water partition coefficient (Wildman–Crippen LogP) is 2.32. The van der Waals surface area contributed by atoms with Crippen LogP contribution in [0.25, 0.3) is 10.9 Å². The first-order valence-electron chi connectivity index (χ1n) is 9.97. The maximum Gasteiger partial charge on any atom is 0.260 e. The van der Waals surface area contributed by atoms with Gasteiger partial charge in [-0.05, 0) is 37.1 Å². The van der Waals surface area contributed by atoms with Crippen molar-refractivity contribution in [2.75, 3.05) is 36.0 Å². The topological polar surface area (TPSA) is 67.2 Å². The van der Waals surface area contributed by atoms with Crippen molar-refractivity contribution in [3.8, 4) is 0 Å². The van der Waals surface area contributed by atoms with E-state index in [0.29, 0.717) is 11.3 Å². The molecule has 7 heteroatoms. The van der Waals surface area contributed by atoms with Crippen LogP contribution in [0, 0.1) is 0 Å². The van der Waals surface area contributed by atoms with E-state index in [-0.39, 0.29) is 5.56 Å². The van der Waals surface area contributed by atoms with Gasteiger partial charge in [-0.15, -0.1) is 0 Å². The number of aryl methyl sites for hydroxylation is 1. The molecule has 0 atom stereocenters. The lowest BCUT2D eigenvalue weighted by molar-refractivity contribution is 0.401. The first kappa shape index (κ1) is 17.2. The number of aromatic nitrogens is 4. The fourth-order valence-corrected chi connectivity index (χ4v) is 3.99. The molecular weight excluding hydrogens is 352 g/mol. The van der Waals surface area contributed by atoms with Gasteiger partial charge >= 0.3 is 0 Å². The van der Waals surface area contributed by atoms with Crippen LogP contribution >= 0.6 is 0 Å². The molecule has 3 heterocycles. The second-order valence-electron chi connectivity index (χ2n) is 7.74. The highest BCUT2D eigenvalue weighted by Gasteiger charge is 2.24. The molecule has 7 nitrogen and oxygen atoms in total. The largest absolute Gasteiger partial charge is 0.368 e. The summed E-state index contributed by atoms with van der Waals surface area (Å²) in [6.45, 7) is 3.67. The summed E-state index contributed by atoms with van der Waals surface area (Å²) >= 11 is 0. The summed E-state index contributed by atoms with van der Waals surface area (Å²) in [5, 5.41) is 0.664. The van der Waals surface area contributed by atoms with Gasteiger partial charge in [0, 0.05) is 51.0 Å². The van der Waals surface area contributed by atoms with E-state index >= 15 is 0 Å². The zero-order valence-electron chi connectivity index (χ0n) is 16.1. The van der Waals surface area contributed by atoms with Gasteiger partial charge in [-0.25, -0.2) is 15.0 Å². The highest BCUT2D eigenvalue weighted by molar-refractivity contribution is 5.81. The number of anilines is 2. The molecule has 2 fully saturated rings. The van der Waals surface area contributed by atoms with Gasteiger partial charge in [0.2, 0.25) is 0 Å². The second-order valence-corrected chi connectivity index (χ2v) is 7.74. The number of nitrogens with zero attached hydrogens (tertiary/aromatic N) is 6. The summed E-state index contributed by atoms with van der Waals surface area (Å²) in [6.07, 6.45) is 7.22. The van der Waals surface area contributed by atoms with Crippen molar-refractivity contribution in [3.05, 3.63) is 53.0 Å². The third-order valence-electron chi connectivity index (χ3n) is 6.00. The number of benzene rings is 1. The van der Waals surface area contributed by atoms with Crippen LogP contribution in [0.4, 0.5) is 11.5 Å². The molecule has 2 aliphatic rings. The molecule has 2 aromatic heterocycles. The zero-order valence-corrected chi connectivity index (χ0v) is 16.1. The van der Waals surface area contributed by atoms with Gasteiger partial charge in [0.15, 0.2) is 0 Å². The van der Waals surface area contributed by atoms with E-state index in [0.717, 1.165) is 49.0 Å². The van der Waals surface area contributed by atoms with Gasteiger partial charge in [-0.3, -0.25) is 4.79 Å². The fraction of sp³-hybridized carbons (Fsp3) is 0.429. The number of hydrogen-bond donors (Lipinski definition) is 0. The summed E-state index contributed by atoms with van der Waals surface area (Å²) < 4.78 is 1.51. The van der Waals surface area contributed by atoms with Gasteiger partial charge in [-0.1, -0.05) is 6.42 Å². The Bertz CT molecular complexity index is 1070. The van der Waals surface area contributed by atoms with Gasteiger partial charge in [-0.2, -0.15) is 0 Å². The Kier molecular flexibility index (Phi) is 4.22. The highest BCUT2D eigenvalue weighted by atomic mass is 16.1. The maximum atomic E-state index is 12.2. The summed E-state index contributed by atoms with van der Waals surface area (Å²) in [7, 11) is 1.73. The van der Waals surface area contributed by atoms with Crippen LogP contribution in [0.3, 0.4) is 0 Å². The van der Waals surface area contributed by atoms with Crippen molar-refractivity contribution in [2.45, 2.75) is 25.2 Å². The maximum absolute atomic E-state index is 12.2. The number of piperazine rings is 1. The van der Waals surface area contributed by atoms with Gasteiger partial charge in [0.05, 0.1) is 17.2 Å². The van der Waals surface area contributed by atoms with Crippen molar-refractivity contribution in [1.29, 1.82) is 0 Å². The molecule has 1 saturated carbocycles. The van der Waals surface area contributed by atoms with Crippen LogP contribution in [-0.2, 0) is 7.05 Å². The summed E-state index contributed by atoms with van der Waals surface area (Å²) in [5.74, 6) is 2.60. The molecule has 1 aromatic carbocycles. The van der Waals surface area contributed by atoms with Crippen LogP contribution in [0.15, 0.2) is 41.6 Å². The molecule has 5 rings (SSSR count). The molecule has 0 unspecified atom stereocenters. The number of hydrogen-bond acceptors (Lipinski definition) is 6. The average molecular weight is 376 g/mol. The van der Waals surface area contributed by atoms with E-state index in [2.05, 4.69) is 19.8 Å². The van der Waals surface area contributed by atoms with Crippen molar-refractivity contribution >= 4 is 22.4 Å². The Morgan fingerprint density at radius 1 is 1.00 bits per heavy atom. The lowest BCUT2D eigenvalue weighted by Crippen LogP contribution is -2.47. The minimum Gasteiger partial charge on any atom is -0.368 e. The first-order chi connectivity index (χ1) is 13.7. The Labute approximate surface area is 163 Å². The third-order valence-corrected chi connectivity index (χ3v) is 6.00. The van der Waals surface area contributed by atoms with Crippen molar-refractivity contribution in [3.63, 3.8) is 0 Å².